The first-order valence-corrected chi connectivity index (χ1v) is 15.3. The maximum atomic E-state index is 14.5. The fraction of sp³-hybridized carbons (Fsp3) is 0.441. The van der Waals surface area contributed by atoms with Crippen LogP contribution in [0.15, 0.2) is 23.9 Å². The number of Topliss-reactive ketones (excluding diaryl/α,β-unsaturated/α-hetero) is 3. The molecule has 5 N–H and O–H groups in total. The van der Waals surface area contributed by atoms with Crippen molar-refractivity contribution in [3.63, 3.8) is 0 Å². The number of carbonyl (C=O) groups is 5. The van der Waals surface area contributed by atoms with Gasteiger partial charge in [0.1, 0.15) is 35.4 Å². The number of aliphatic hydroxyl groups excluding tert-OH is 1. The number of nitrogens with one attached hydrogen (secondary N) is 1. The summed E-state index contributed by atoms with van der Waals surface area (Å²) in [4.78, 5) is 69.0. The van der Waals surface area contributed by atoms with E-state index in [9.17, 15) is 44.4 Å². The molecule has 0 spiro atoms. The minimum absolute atomic E-state index is 0.000718. The van der Waals surface area contributed by atoms with Crippen LogP contribution in [0.3, 0.4) is 0 Å². The van der Waals surface area contributed by atoms with Crippen molar-refractivity contribution in [2.24, 2.45) is 0 Å². The van der Waals surface area contributed by atoms with Crippen molar-refractivity contribution >= 4 is 29.1 Å². The zero-order valence-corrected chi connectivity index (χ0v) is 27.4. The van der Waals surface area contributed by atoms with Crippen LogP contribution in [0.25, 0.3) is 0 Å². The van der Waals surface area contributed by atoms with Crippen LogP contribution in [0.4, 0.5) is 0 Å². The lowest BCUT2D eigenvalue weighted by Crippen LogP contribution is -2.67. The summed E-state index contributed by atoms with van der Waals surface area (Å²) in [5.41, 5.74) is -8.29. The lowest BCUT2D eigenvalue weighted by molar-refractivity contribution is -0.236. The molecule has 0 bridgehead atoms. The lowest BCUT2D eigenvalue weighted by Gasteiger charge is -2.50. The van der Waals surface area contributed by atoms with Gasteiger partial charge in [-0.2, -0.15) is 0 Å². The molecule has 1 saturated heterocycles. The quantitative estimate of drug-likeness (QED) is 0.266. The molecule has 2 aromatic carbocycles. The van der Waals surface area contributed by atoms with E-state index in [0.717, 1.165) is 26.4 Å². The van der Waals surface area contributed by atoms with Crippen molar-refractivity contribution in [1.82, 2.24) is 5.32 Å². The Bertz CT molecular complexity index is 1880. The van der Waals surface area contributed by atoms with Gasteiger partial charge in [0.15, 0.2) is 23.2 Å². The Morgan fingerprint density at radius 2 is 1.63 bits per heavy atom. The molecule has 0 radical (unpaired) electrons. The van der Waals surface area contributed by atoms with E-state index in [-0.39, 0.29) is 35.2 Å². The van der Waals surface area contributed by atoms with Crippen LogP contribution in [-0.4, -0.2) is 114 Å². The number of benzene rings is 2. The summed E-state index contributed by atoms with van der Waals surface area (Å²) in [6, 6.07) is 2.40. The highest BCUT2D eigenvalue weighted by Gasteiger charge is 2.69. The number of carbonyl (C=O) groups excluding carboxylic acids is 5. The number of esters is 1. The monoisotopic (exact) mass is 681 g/mol. The molecule has 0 amide bonds. The van der Waals surface area contributed by atoms with Gasteiger partial charge in [-0.25, -0.2) is 4.79 Å². The standard InChI is InChI=1S/C34H35NO14/c1-12-9-14-7-8-33(48-6)30(42)21-16(29(41)34(33,44)22(14)25(39)19(12)32(43)47-5)10-15-20(24(21)38)18(36)11-17(23(15)37)35-31-28(46-4)26(40)27(45-3)13(2)49-31/h9-11,13,26-28,31,35,38-40,44H,7-8H2,1-6H3/t13-,26+,27-,28+,31-,33-,34+/m0/s1. The van der Waals surface area contributed by atoms with Gasteiger partial charge in [0.2, 0.25) is 17.3 Å². The van der Waals surface area contributed by atoms with E-state index in [2.05, 4.69) is 5.32 Å². The molecule has 0 aromatic heterocycles. The Morgan fingerprint density at radius 1 is 0.959 bits per heavy atom. The number of phenols is 2. The third-order valence-corrected chi connectivity index (χ3v) is 10.1. The van der Waals surface area contributed by atoms with E-state index < -0.39 is 110 Å². The molecule has 3 aliphatic carbocycles. The Labute approximate surface area is 279 Å². The number of aliphatic hydroxyl groups is 2. The largest absolute Gasteiger partial charge is 0.507 e. The highest BCUT2D eigenvalue weighted by molar-refractivity contribution is 6.30. The van der Waals surface area contributed by atoms with E-state index in [1.807, 2.05) is 0 Å². The molecule has 2 aromatic rings. The topological polar surface area (TPSA) is 224 Å². The van der Waals surface area contributed by atoms with E-state index in [1.54, 1.807) is 6.92 Å². The number of aryl methyl sites for hydroxylation is 2. The summed E-state index contributed by atoms with van der Waals surface area (Å²) in [6.07, 6.45) is -4.26. The predicted octanol–water partition coefficient (Wildman–Crippen LogP) is 0.779. The van der Waals surface area contributed by atoms with Gasteiger partial charge in [-0.3, -0.25) is 19.2 Å². The SMILES string of the molecule is COC(=O)c1c(C)cc2c(c1O)[C@@]1(O)C(=O)c3cc4c(c(O)c3C(=O)[C@@]1(OC)CC2)C(=O)C=C(N[C@H]1O[C@@H](C)[C@H](OC)[C@@H](O)[C@H]1OC)C4=O. The Balaban J connectivity index is 1.49. The molecule has 7 atom stereocenters. The molecule has 0 unspecified atom stereocenters. The molecule has 15 nitrogen and oxygen atoms in total. The number of rotatable bonds is 6. The van der Waals surface area contributed by atoms with Gasteiger partial charge < -0.3 is 49.4 Å². The van der Waals surface area contributed by atoms with Crippen molar-refractivity contribution in [2.75, 3.05) is 28.4 Å². The van der Waals surface area contributed by atoms with Crippen LogP contribution in [0.2, 0.25) is 0 Å². The molecular weight excluding hydrogens is 646 g/mol. The molecule has 1 aliphatic heterocycles. The molecule has 1 fully saturated rings. The number of hydrogen-bond donors (Lipinski definition) is 5. The Kier molecular flexibility index (Phi) is 8.29. The van der Waals surface area contributed by atoms with Gasteiger partial charge in [-0.1, -0.05) is 6.07 Å². The van der Waals surface area contributed by atoms with Crippen molar-refractivity contribution < 1.29 is 68.1 Å². The van der Waals surface area contributed by atoms with Gasteiger partial charge in [0, 0.05) is 44.1 Å². The van der Waals surface area contributed by atoms with E-state index in [4.69, 9.17) is 23.7 Å². The number of aromatic hydroxyl groups is 2. The molecule has 260 valence electrons. The first-order chi connectivity index (χ1) is 23.1. The minimum Gasteiger partial charge on any atom is -0.507 e. The van der Waals surface area contributed by atoms with Gasteiger partial charge in [-0.15, -0.1) is 0 Å². The van der Waals surface area contributed by atoms with Crippen molar-refractivity contribution in [1.29, 1.82) is 0 Å². The average molecular weight is 682 g/mol. The average Bonchev–Trinajstić information content (AvgIpc) is 3.05. The molecule has 1 heterocycles. The van der Waals surface area contributed by atoms with Crippen LogP contribution >= 0.6 is 0 Å². The molecule has 4 aliphatic rings. The van der Waals surface area contributed by atoms with Gasteiger partial charge in [0.05, 0.1) is 30.0 Å². The van der Waals surface area contributed by atoms with Crippen molar-refractivity contribution in [3.05, 3.63) is 68.4 Å². The minimum atomic E-state index is -2.95. The molecule has 15 heteroatoms. The Morgan fingerprint density at radius 3 is 2.24 bits per heavy atom. The normalized spacial score (nSPS) is 30.5. The number of methoxy groups -OCH3 is 4. The first kappa shape index (κ1) is 34.4. The van der Waals surface area contributed by atoms with Gasteiger partial charge in [-0.05, 0) is 43.9 Å². The highest BCUT2D eigenvalue weighted by Crippen LogP contribution is 2.56. The number of allylic oxidation sites excluding steroid dienone is 2. The number of fused-ring (bicyclic) bond motifs is 5. The van der Waals surface area contributed by atoms with Crippen LogP contribution in [0.5, 0.6) is 11.5 Å². The zero-order chi connectivity index (χ0) is 35.9. The summed E-state index contributed by atoms with van der Waals surface area (Å²) in [5, 5.41) is 48.9. The summed E-state index contributed by atoms with van der Waals surface area (Å²) in [6.45, 7) is 3.15. The molecule has 6 rings (SSSR count). The number of phenolic OH excluding ortho intramolecular Hbond substituents is 2. The summed E-state index contributed by atoms with van der Waals surface area (Å²) in [5.74, 6) is -6.85. The first-order valence-electron chi connectivity index (χ1n) is 15.3. The summed E-state index contributed by atoms with van der Waals surface area (Å²) in [7, 11) is 4.84. The van der Waals surface area contributed by atoms with Crippen molar-refractivity contribution in [2.45, 2.75) is 68.5 Å². The van der Waals surface area contributed by atoms with Gasteiger partial charge in [0.25, 0.3) is 0 Å². The van der Waals surface area contributed by atoms with E-state index in [1.165, 1.54) is 27.2 Å². The van der Waals surface area contributed by atoms with Crippen LogP contribution in [0, 0.1) is 6.92 Å². The zero-order valence-electron chi connectivity index (χ0n) is 27.4. The maximum Gasteiger partial charge on any atom is 0.341 e. The van der Waals surface area contributed by atoms with Crippen LogP contribution < -0.4 is 5.32 Å². The third kappa shape index (κ3) is 4.46. The van der Waals surface area contributed by atoms with Crippen molar-refractivity contribution in [3.8, 4) is 11.5 Å². The fourth-order valence-electron chi connectivity index (χ4n) is 7.76. The summed E-state index contributed by atoms with van der Waals surface area (Å²) >= 11 is 0. The van der Waals surface area contributed by atoms with Crippen LogP contribution in [0.1, 0.15) is 81.8 Å². The second kappa shape index (κ2) is 11.8. The second-order valence-corrected chi connectivity index (χ2v) is 12.5. The third-order valence-electron chi connectivity index (χ3n) is 10.1. The fourth-order valence-corrected chi connectivity index (χ4v) is 7.76. The van der Waals surface area contributed by atoms with E-state index in [0.29, 0.717) is 0 Å². The highest BCUT2D eigenvalue weighted by atomic mass is 16.6. The lowest BCUT2D eigenvalue weighted by atomic mass is 9.57. The van der Waals surface area contributed by atoms with Gasteiger partial charge >= 0.3 is 5.97 Å². The number of ketones is 4. The number of ether oxygens (including phenoxy) is 5. The molecular formula is C34H35NO14. The maximum absolute atomic E-state index is 14.5. The summed E-state index contributed by atoms with van der Waals surface area (Å²) < 4.78 is 27.0. The van der Waals surface area contributed by atoms with Crippen LogP contribution in [-0.2, 0) is 35.7 Å². The smallest absolute Gasteiger partial charge is 0.341 e. The molecule has 49 heavy (non-hydrogen) atoms. The second-order valence-electron chi connectivity index (χ2n) is 12.5. The predicted molar refractivity (Wildman–Crippen MR) is 165 cm³/mol. The Hall–Kier alpha value is -4.51. The van der Waals surface area contributed by atoms with E-state index >= 15 is 0 Å². The molecule has 0 saturated carbocycles. The number of hydrogen-bond acceptors (Lipinski definition) is 15.